The van der Waals surface area contributed by atoms with Gasteiger partial charge < -0.3 is 23.7 Å². The zero-order chi connectivity index (χ0) is 22.6. The lowest BCUT2D eigenvalue weighted by Gasteiger charge is -2.36. The Bertz CT molecular complexity index is 891. The summed E-state index contributed by atoms with van der Waals surface area (Å²) >= 11 is 0. The summed E-state index contributed by atoms with van der Waals surface area (Å²) in [5, 5.41) is 7.12. The third kappa shape index (κ3) is 5.64. The summed E-state index contributed by atoms with van der Waals surface area (Å²) in [5.41, 5.74) is 2.03. The summed E-state index contributed by atoms with van der Waals surface area (Å²) in [5.74, 6) is -1.86. The van der Waals surface area contributed by atoms with Gasteiger partial charge in [0, 0.05) is 33.2 Å². The molecule has 1 unspecified atom stereocenters. The number of amides is 1. The molecule has 1 fully saturated rings. The molecule has 0 aliphatic carbocycles. The summed E-state index contributed by atoms with van der Waals surface area (Å²) in [6.07, 6.45) is -1.59. The molecule has 9 nitrogen and oxygen atoms in total. The number of hydrogen-bond donors (Lipinski definition) is 1. The van der Waals surface area contributed by atoms with Crippen molar-refractivity contribution >= 4 is 11.9 Å². The standard InChI is InChI=1S/C17H22N4O3.C2HF3O2/c1-19-12-18-15-11-20(9-13-3-2-6-24-13)10-14(16(15)19)17(22)21-4-7-23-8-5-21;3-2(4,5)1(6)7/h2-3,6,12,14H,4-5,7-11H2,1H3;(H,6,7). The quantitative estimate of drug-likeness (QED) is 0.768. The molecule has 4 heterocycles. The van der Waals surface area contributed by atoms with Crippen LogP contribution in [0, 0.1) is 0 Å². The molecule has 0 spiro atoms. The molecule has 1 N–H and O–H groups in total. The van der Waals surface area contributed by atoms with Crippen LogP contribution in [0.1, 0.15) is 23.1 Å². The lowest BCUT2D eigenvalue weighted by Crippen LogP contribution is -2.47. The maximum absolute atomic E-state index is 13.1. The van der Waals surface area contributed by atoms with Crippen LogP contribution < -0.4 is 0 Å². The van der Waals surface area contributed by atoms with Crippen molar-refractivity contribution in [3.63, 3.8) is 0 Å². The highest BCUT2D eigenvalue weighted by Crippen LogP contribution is 2.30. The molecule has 0 saturated carbocycles. The number of nitrogens with zero attached hydrogens (tertiary/aromatic N) is 4. The summed E-state index contributed by atoms with van der Waals surface area (Å²) in [6, 6.07) is 3.86. The number of ether oxygens (including phenoxy) is 1. The highest BCUT2D eigenvalue weighted by Gasteiger charge is 2.38. The van der Waals surface area contributed by atoms with Gasteiger partial charge in [-0.05, 0) is 12.1 Å². The van der Waals surface area contributed by atoms with Crippen LogP contribution in [0.4, 0.5) is 13.2 Å². The molecule has 1 saturated heterocycles. The number of alkyl halides is 3. The highest BCUT2D eigenvalue weighted by molar-refractivity contribution is 5.84. The van der Waals surface area contributed by atoms with Gasteiger partial charge in [-0.15, -0.1) is 0 Å². The maximum Gasteiger partial charge on any atom is 0.490 e. The number of aromatic nitrogens is 2. The van der Waals surface area contributed by atoms with Crippen molar-refractivity contribution in [1.29, 1.82) is 0 Å². The molecule has 4 rings (SSSR count). The number of carboxylic acids is 1. The van der Waals surface area contributed by atoms with Crippen molar-refractivity contribution in [2.24, 2.45) is 7.05 Å². The molecule has 0 bridgehead atoms. The predicted molar refractivity (Wildman–Crippen MR) is 99.9 cm³/mol. The second kappa shape index (κ2) is 9.52. The number of aliphatic carboxylic acids is 1. The fourth-order valence-corrected chi connectivity index (χ4v) is 3.62. The van der Waals surface area contributed by atoms with Crippen molar-refractivity contribution in [2.75, 3.05) is 32.8 Å². The average molecular weight is 444 g/mol. The first kappa shape index (κ1) is 22.8. The van der Waals surface area contributed by atoms with Crippen LogP contribution in [0.15, 0.2) is 29.1 Å². The second-order valence-electron chi connectivity index (χ2n) is 7.23. The van der Waals surface area contributed by atoms with E-state index in [1.807, 2.05) is 28.6 Å². The Morgan fingerprint density at radius 1 is 1.29 bits per heavy atom. The van der Waals surface area contributed by atoms with E-state index >= 15 is 0 Å². The Morgan fingerprint density at radius 3 is 2.55 bits per heavy atom. The molecule has 170 valence electrons. The average Bonchev–Trinajstić information content (AvgIpc) is 3.37. The van der Waals surface area contributed by atoms with Crippen molar-refractivity contribution in [3.8, 4) is 0 Å². The first-order valence-corrected chi connectivity index (χ1v) is 9.58. The van der Waals surface area contributed by atoms with Gasteiger partial charge in [0.05, 0.1) is 49.7 Å². The first-order valence-electron chi connectivity index (χ1n) is 9.58. The van der Waals surface area contributed by atoms with E-state index in [-0.39, 0.29) is 11.8 Å². The second-order valence-corrected chi connectivity index (χ2v) is 7.23. The van der Waals surface area contributed by atoms with Crippen molar-refractivity contribution in [3.05, 3.63) is 41.9 Å². The summed E-state index contributed by atoms with van der Waals surface area (Å²) in [6.45, 7) is 4.68. The monoisotopic (exact) mass is 444 g/mol. The van der Waals surface area contributed by atoms with Gasteiger partial charge in [-0.2, -0.15) is 13.2 Å². The number of fused-ring (bicyclic) bond motifs is 1. The third-order valence-electron chi connectivity index (χ3n) is 5.03. The SMILES string of the molecule is Cn1cnc2c1C(C(=O)N1CCOCC1)CN(Cc1ccco1)C2.O=C(O)C(F)(F)F. The molecule has 2 aromatic rings. The molecular formula is C19H23F3N4O5. The lowest BCUT2D eigenvalue weighted by atomic mass is 9.96. The molecule has 1 amide bonds. The Hall–Kier alpha value is -2.86. The van der Waals surface area contributed by atoms with Crippen LogP contribution >= 0.6 is 0 Å². The smallest absolute Gasteiger partial charge is 0.475 e. The largest absolute Gasteiger partial charge is 0.490 e. The maximum atomic E-state index is 13.1. The minimum atomic E-state index is -5.08. The minimum Gasteiger partial charge on any atom is -0.475 e. The number of carboxylic acid groups (broad SMARTS) is 1. The van der Waals surface area contributed by atoms with Crippen LogP contribution in [0.5, 0.6) is 0 Å². The number of aryl methyl sites for hydroxylation is 1. The molecule has 0 aromatic carbocycles. The number of morpholine rings is 1. The number of hydrogen-bond acceptors (Lipinski definition) is 6. The number of imidazole rings is 1. The molecule has 0 radical (unpaired) electrons. The molecule has 31 heavy (non-hydrogen) atoms. The lowest BCUT2D eigenvalue weighted by molar-refractivity contribution is -0.192. The van der Waals surface area contributed by atoms with Crippen LogP contribution in [0.3, 0.4) is 0 Å². The molecule has 12 heteroatoms. The van der Waals surface area contributed by atoms with Crippen molar-refractivity contribution in [1.82, 2.24) is 19.4 Å². The van der Waals surface area contributed by atoms with Crippen LogP contribution in [0.2, 0.25) is 0 Å². The highest BCUT2D eigenvalue weighted by atomic mass is 19.4. The van der Waals surface area contributed by atoms with Gasteiger partial charge >= 0.3 is 12.1 Å². The van der Waals surface area contributed by atoms with E-state index in [1.54, 1.807) is 12.6 Å². The number of carbonyl (C=O) groups excluding carboxylic acids is 1. The topological polar surface area (TPSA) is 101 Å². The van der Waals surface area contributed by atoms with E-state index in [2.05, 4.69) is 9.88 Å². The van der Waals surface area contributed by atoms with Gasteiger partial charge in [-0.25, -0.2) is 9.78 Å². The van der Waals surface area contributed by atoms with Crippen molar-refractivity contribution in [2.45, 2.75) is 25.2 Å². The van der Waals surface area contributed by atoms with Gasteiger partial charge in [0.1, 0.15) is 5.76 Å². The van der Waals surface area contributed by atoms with E-state index in [1.165, 1.54) is 0 Å². The summed E-state index contributed by atoms with van der Waals surface area (Å²) in [7, 11) is 1.97. The number of carbonyl (C=O) groups is 2. The molecule has 2 aromatic heterocycles. The van der Waals surface area contributed by atoms with Gasteiger partial charge in [0.15, 0.2) is 0 Å². The fraction of sp³-hybridized carbons (Fsp3) is 0.526. The number of halogens is 3. The Kier molecular flexibility index (Phi) is 7.01. The summed E-state index contributed by atoms with van der Waals surface area (Å²) < 4.78 is 44.6. The normalized spacial score (nSPS) is 19.4. The Labute approximate surface area is 176 Å². The third-order valence-corrected chi connectivity index (χ3v) is 5.03. The summed E-state index contributed by atoms with van der Waals surface area (Å²) in [4.78, 5) is 30.6. The molecule has 1 atom stereocenters. The zero-order valence-corrected chi connectivity index (χ0v) is 16.8. The zero-order valence-electron chi connectivity index (χ0n) is 16.8. The molecular weight excluding hydrogens is 421 g/mol. The van der Waals surface area contributed by atoms with Gasteiger partial charge in [-0.1, -0.05) is 0 Å². The predicted octanol–water partition coefficient (Wildman–Crippen LogP) is 1.60. The van der Waals surface area contributed by atoms with Gasteiger partial charge in [0.2, 0.25) is 5.91 Å². The van der Waals surface area contributed by atoms with Gasteiger partial charge in [0.25, 0.3) is 0 Å². The Balaban J connectivity index is 0.000000339. The molecule has 2 aliphatic rings. The van der Waals surface area contributed by atoms with Crippen LogP contribution in [-0.4, -0.2) is 75.4 Å². The van der Waals surface area contributed by atoms with E-state index < -0.39 is 12.1 Å². The molecule has 2 aliphatic heterocycles. The minimum absolute atomic E-state index is 0.173. The van der Waals surface area contributed by atoms with Crippen molar-refractivity contribution < 1.29 is 37.0 Å². The Morgan fingerprint density at radius 2 is 1.97 bits per heavy atom. The van der Waals surface area contributed by atoms with E-state index in [0.29, 0.717) is 39.4 Å². The van der Waals surface area contributed by atoms with Crippen LogP contribution in [-0.2, 0) is 34.5 Å². The van der Waals surface area contributed by atoms with E-state index in [0.717, 1.165) is 23.7 Å². The van der Waals surface area contributed by atoms with Crippen LogP contribution in [0.25, 0.3) is 0 Å². The fourth-order valence-electron chi connectivity index (χ4n) is 3.62. The number of rotatable bonds is 3. The first-order chi connectivity index (χ1) is 14.7. The van der Waals surface area contributed by atoms with Gasteiger partial charge in [-0.3, -0.25) is 9.69 Å². The van der Waals surface area contributed by atoms with E-state index in [9.17, 15) is 18.0 Å². The number of furan rings is 1. The van der Waals surface area contributed by atoms with E-state index in [4.69, 9.17) is 19.1 Å².